The van der Waals surface area contributed by atoms with Gasteiger partial charge in [0, 0.05) is 32.6 Å². The van der Waals surface area contributed by atoms with Crippen LogP contribution < -0.4 is 0 Å². The molecule has 3 aromatic rings. The summed E-state index contributed by atoms with van der Waals surface area (Å²) in [6.07, 6.45) is 3.50. The number of carbonyl (C=O) groups is 2. The van der Waals surface area contributed by atoms with Crippen LogP contribution in [-0.4, -0.2) is 53.0 Å². The number of furan rings is 1. The van der Waals surface area contributed by atoms with Crippen molar-refractivity contribution in [3.63, 3.8) is 0 Å². The van der Waals surface area contributed by atoms with Gasteiger partial charge < -0.3 is 23.5 Å². The van der Waals surface area contributed by atoms with E-state index in [-0.39, 0.29) is 24.9 Å². The van der Waals surface area contributed by atoms with Gasteiger partial charge in [-0.05, 0) is 36.4 Å². The van der Waals surface area contributed by atoms with Crippen molar-refractivity contribution in [2.24, 2.45) is 7.05 Å². The van der Waals surface area contributed by atoms with Crippen LogP contribution in [0.25, 0.3) is 0 Å². The molecule has 0 radical (unpaired) electrons. The number of hydrogen-bond acceptors (Lipinski definition) is 4. The lowest BCUT2D eigenvalue weighted by Gasteiger charge is -2.27. The molecule has 7 nitrogen and oxygen atoms in total. The normalized spacial score (nSPS) is 10.8. The second-order valence-electron chi connectivity index (χ2n) is 7.14. The average Bonchev–Trinajstić information content (AvgIpc) is 3.42. The second kappa shape index (κ2) is 10.8. The molecule has 31 heavy (non-hydrogen) atoms. The lowest BCUT2D eigenvalue weighted by molar-refractivity contribution is -0.133. The monoisotopic (exact) mass is 443 g/mol. The summed E-state index contributed by atoms with van der Waals surface area (Å²) in [5.41, 5.74) is 1.33. The standard InChI is InChI=1S/C23H26ClN3O4/c1-25-11-5-7-18(25)15-27(16-19-8-6-13-31-19)22(28)17-26(12-14-30-2)23(29)20-9-3-4-10-21(20)24/h3-11,13H,12,14-17H2,1-2H3. The van der Waals surface area contributed by atoms with Gasteiger partial charge >= 0.3 is 0 Å². The van der Waals surface area contributed by atoms with E-state index in [1.165, 1.54) is 4.90 Å². The van der Waals surface area contributed by atoms with Gasteiger partial charge in [-0.3, -0.25) is 9.59 Å². The first kappa shape index (κ1) is 22.7. The fourth-order valence-electron chi connectivity index (χ4n) is 3.20. The van der Waals surface area contributed by atoms with Gasteiger partial charge in [0.15, 0.2) is 0 Å². The smallest absolute Gasteiger partial charge is 0.255 e. The van der Waals surface area contributed by atoms with E-state index in [1.54, 1.807) is 48.6 Å². The Bertz CT molecular complexity index is 1000. The third kappa shape index (κ3) is 5.99. The zero-order chi connectivity index (χ0) is 22.2. The highest BCUT2D eigenvalue weighted by molar-refractivity contribution is 6.33. The van der Waals surface area contributed by atoms with Crippen LogP contribution in [0.2, 0.25) is 5.02 Å². The van der Waals surface area contributed by atoms with Crippen molar-refractivity contribution >= 4 is 23.4 Å². The maximum Gasteiger partial charge on any atom is 0.255 e. The van der Waals surface area contributed by atoms with Gasteiger partial charge in [-0.1, -0.05) is 23.7 Å². The molecule has 2 heterocycles. The van der Waals surface area contributed by atoms with Crippen LogP contribution in [0.5, 0.6) is 0 Å². The van der Waals surface area contributed by atoms with Crippen LogP contribution in [0.4, 0.5) is 0 Å². The van der Waals surface area contributed by atoms with Crippen molar-refractivity contribution in [2.75, 3.05) is 26.8 Å². The van der Waals surface area contributed by atoms with Gasteiger partial charge in [-0.15, -0.1) is 0 Å². The van der Waals surface area contributed by atoms with Crippen LogP contribution in [0.3, 0.4) is 0 Å². The number of ether oxygens (including phenoxy) is 1. The molecule has 2 aromatic heterocycles. The molecule has 0 saturated heterocycles. The Morgan fingerprint density at radius 1 is 1.06 bits per heavy atom. The molecule has 8 heteroatoms. The van der Waals surface area contributed by atoms with Gasteiger partial charge in [-0.2, -0.15) is 0 Å². The van der Waals surface area contributed by atoms with Crippen LogP contribution >= 0.6 is 11.6 Å². The number of rotatable bonds is 10. The molecule has 0 saturated carbocycles. The Hall–Kier alpha value is -3.03. The Balaban J connectivity index is 1.80. The van der Waals surface area contributed by atoms with E-state index in [9.17, 15) is 9.59 Å². The predicted octanol–water partition coefficient (Wildman–Crippen LogP) is 3.59. The fourth-order valence-corrected chi connectivity index (χ4v) is 3.42. The minimum absolute atomic E-state index is 0.0987. The second-order valence-corrected chi connectivity index (χ2v) is 7.55. The van der Waals surface area contributed by atoms with Crippen LogP contribution in [-0.2, 0) is 29.7 Å². The number of amides is 2. The molecule has 0 spiro atoms. The van der Waals surface area contributed by atoms with Gasteiger partial charge in [0.05, 0.1) is 36.5 Å². The number of nitrogens with zero attached hydrogens (tertiary/aromatic N) is 3. The first-order chi connectivity index (χ1) is 15.0. The molecule has 1 aromatic carbocycles. The lowest BCUT2D eigenvalue weighted by atomic mass is 10.2. The molecule has 0 atom stereocenters. The number of hydrogen-bond donors (Lipinski definition) is 0. The summed E-state index contributed by atoms with van der Waals surface area (Å²) in [6, 6.07) is 14.3. The molecule has 0 aliphatic rings. The molecule has 2 amide bonds. The molecular weight excluding hydrogens is 418 g/mol. The first-order valence-corrected chi connectivity index (χ1v) is 10.3. The molecule has 164 valence electrons. The summed E-state index contributed by atoms with van der Waals surface area (Å²) in [5, 5.41) is 0.346. The van der Waals surface area contributed by atoms with Crippen molar-refractivity contribution in [2.45, 2.75) is 13.1 Å². The van der Waals surface area contributed by atoms with Crippen LogP contribution in [0.15, 0.2) is 65.4 Å². The quantitative estimate of drug-likeness (QED) is 0.480. The summed E-state index contributed by atoms with van der Waals surface area (Å²) in [6.45, 7) is 1.17. The number of carbonyl (C=O) groups excluding carboxylic acids is 2. The van der Waals surface area contributed by atoms with Crippen molar-refractivity contribution in [1.29, 1.82) is 0 Å². The highest BCUT2D eigenvalue weighted by Gasteiger charge is 2.24. The Morgan fingerprint density at radius 2 is 1.87 bits per heavy atom. The van der Waals surface area contributed by atoms with Crippen molar-refractivity contribution in [3.8, 4) is 0 Å². The van der Waals surface area contributed by atoms with Crippen LogP contribution in [0, 0.1) is 0 Å². The minimum atomic E-state index is -0.312. The molecule has 0 aliphatic carbocycles. The average molecular weight is 444 g/mol. The largest absolute Gasteiger partial charge is 0.467 e. The van der Waals surface area contributed by atoms with Crippen LogP contribution in [0.1, 0.15) is 21.8 Å². The van der Waals surface area contributed by atoms with Crippen molar-refractivity contribution in [1.82, 2.24) is 14.4 Å². The number of halogens is 1. The van der Waals surface area contributed by atoms with E-state index in [1.807, 2.05) is 36.0 Å². The number of aromatic nitrogens is 1. The molecule has 0 unspecified atom stereocenters. The summed E-state index contributed by atoms with van der Waals surface area (Å²) in [4.78, 5) is 29.6. The zero-order valence-electron chi connectivity index (χ0n) is 17.7. The Labute approximate surface area is 186 Å². The van der Waals surface area contributed by atoms with E-state index in [0.717, 1.165) is 5.69 Å². The van der Waals surface area contributed by atoms with E-state index in [4.69, 9.17) is 20.8 Å². The number of aryl methyl sites for hydroxylation is 1. The zero-order valence-corrected chi connectivity index (χ0v) is 18.4. The minimum Gasteiger partial charge on any atom is -0.467 e. The maximum absolute atomic E-state index is 13.3. The first-order valence-electron chi connectivity index (χ1n) is 9.92. The Morgan fingerprint density at radius 3 is 2.52 bits per heavy atom. The molecule has 0 N–H and O–H groups in total. The molecule has 0 aliphatic heterocycles. The lowest BCUT2D eigenvalue weighted by Crippen LogP contribution is -2.44. The van der Waals surface area contributed by atoms with E-state index in [2.05, 4.69) is 0 Å². The molecular formula is C23H26ClN3O4. The van der Waals surface area contributed by atoms with E-state index >= 15 is 0 Å². The number of methoxy groups -OCH3 is 1. The highest BCUT2D eigenvalue weighted by atomic mass is 35.5. The van der Waals surface area contributed by atoms with Gasteiger partial charge in [0.2, 0.25) is 5.91 Å². The molecule has 0 bridgehead atoms. The molecule has 3 rings (SSSR count). The fraction of sp³-hybridized carbons (Fsp3) is 0.304. The Kier molecular flexibility index (Phi) is 7.92. The van der Waals surface area contributed by atoms with Crippen molar-refractivity contribution in [3.05, 3.63) is 83.0 Å². The summed E-state index contributed by atoms with van der Waals surface area (Å²) in [7, 11) is 3.48. The van der Waals surface area contributed by atoms with Gasteiger partial charge in [-0.25, -0.2) is 0 Å². The summed E-state index contributed by atoms with van der Waals surface area (Å²) in [5.74, 6) is 0.158. The van der Waals surface area contributed by atoms with Gasteiger partial charge in [0.25, 0.3) is 5.91 Å². The summed E-state index contributed by atoms with van der Waals surface area (Å²) >= 11 is 6.21. The SMILES string of the molecule is COCCN(CC(=O)N(Cc1ccco1)Cc1cccn1C)C(=O)c1ccccc1Cl. The van der Waals surface area contributed by atoms with E-state index < -0.39 is 0 Å². The predicted molar refractivity (Wildman–Crippen MR) is 118 cm³/mol. The number of benzene rings is 1. The maximum atomic E-state index is 13.3. The topological polar surface area (TPSA) is 67.9 Å². The molecule has 0 fully saturated rings. The third-order valence-corrected chi connectivity index (χ3v) is 5.30. The van der Waals surface area contributed by atoms with Crippen molar-refractivity contribution < 1.29 is 18.7 Å². The van der Waals surface area contributed by atoms with E-state index in [0.29, 0.717) is 36.0 Å². The third-order valence-electron chi connectivity index (χ3n) is 4.97. The highest BCUT2D eigenvalue weighted by Crippen LogP contribution is 2.18. The summed E-state index contributed by atoms with van der Waals surface area (Å²) < 4.78 is 12.6. The van der Waals surface area contributed by atoms with Gasteiger partial charge in [0.1, 0.15) is 12.3 Å².